The third-order valence-electron chi connectivity index (χ3n) is 3.20. The van der Waals surface area contributed by atoms with Crippen LogP contribution in [0.1, 0.15) is 17.2 Å². The van der Waals surface area contributed by atoms with Gasteiger partial charge in [0.2, 0.25) is 0 Å². The third kappa shape index (κ3) is 4.62. The van der Waals surface area contributed by atoms with Gasteiger partial charge in [-0.2, -0.15) is 0 Å². The average molecular weight is 316 g/mol. The first-order valence-electron chi connectivity index (χ1n) is 7.04. The molecule has 2 aromatic carbocycles. The Bertz CT molecular complexity index is 684. The van der Waals surface area contributed by atoms with Crippen LogP contribution in [-0.4, -0.2) is 23.5 Å². The Hall–Kier alpha value is -2.73. The molecule has 0 spiro atoms. The standard InChI is InChI=1S/C17H17FN2O3/c1-11-7-13(18)9-14(8-11)19-16(22)17(23)20-15(10-21)12-5-3-2-4-6-12/h2-9,15,21H,10H2,1H3,(H,19,22)(H,20,23). The fourth-order valence-electron chi connectivity index (χ4n) is 2.14. The highest BCUT2D eigenvalue weighted by atomic mass is 19.1. The third-order valence-corrected chi connectivity index (χ3v) is 3.20. The number of carbonyl (C=O) groups is 2. The molecule has 3 N–H and O–H groups in total. The van der Waals surface area contributed by atoms with Crippen LogP contribution in [0.25, 0.3) is 0 Å². The molecule has 0 aliphatic rings. The number of aliphatic hydroxyl groups excluding tert-OH is 1. The number of amides is 2. The van der Waals surface area contributed by atoms with Crippen molar-refractivity contribution >= 4 is 17.5 Å². The topological polar surface area (TPSA) is 78.4 Å². The van der Waals surface area contributed by atoms with Crippen LogP contribution >= 0.6 is 0 Å². The predicted octanol–water partition coefficient (Wildman–Crippen LogP) is 1.92. The summed E-state index contributed by atoms with van der Waals surface area (Å²) in [4.78, 5) is 23.8. The van der Waals surface area contributed by atoms with Gasteiger partial charge < -0.3 is 15.7 Å². The Morgan fingerprint density at radius 2 is 1.83 bits per heavy atom. The van der Waals surface area contributed by atoms with Gasteiger partial charge >= 0.3 is 11.8 Å². The summed E-state index contributed by atoms with van der Waals surface area (Å²) in [7, 11) is 0. The first-order valence-corrected chi connectivity index (χ1v) is 7.04. The van der Waals surface area contributed by atoms with Crippen molar-refractivity contribution < 1.29 is 19.1 Å². The van der Waals surface area contributed by atoms with Gasteiger partial charge in [0.25, 0.3) is 0 Å². The highest BCUT2D eigenvalue weighted by molar-refractivity contribution is 6.39. The van der Waals surface area contributed by atoms with Crippen molar-refractivity contribution in [1.29, 1.82) is 0 Å². The van der Waals surface area contributed by atoms with Crippen molar-refractivity contribution in [2.24, 2.45) is 0 Å². The van der Waals surface area contributed by atoms with Crippen LogP contribution in [-0.2, 0) is 9.59 Å². The van der Waals surface area contributed by atoms with Gasteiger partial charge in [-0.3, -0.25) is 9.59 Å². The fourth-order valence-corrected chi connectivity index (χ4v) is 2.14. The lowest BCUT2D eigenvalue weighted by molar-refractivity contribution is -0.136. The van der Waals surface area contributed by atoms with E-state index in [9.17, 15) is 19.1 Å². The first kappa shape index (κ1) is 16.6. The molecule has 120 valence electrons. The summed E-state index contributed by atoms with van der Waals surface area (Å²) in [5.74, 6) is -2.34. The van der Waals surface area contributed by atoms with E-state index in [4.69, 9.17) is 0 Å². The Kier molecular flexibility index (Phi) is 5.43. The summed E-state index contributed by atoms with van der Waals surface area (Å²) in [6.07, 6.45) is 0. The van der Waals surface area contributed by atoms with Crippen molar-refractivity contribution in [2.75, 3.05) is 11.9 Å². The van der Waals surface area contributed by atoms with Gasteiger partial charge in [-0.1, -0.05) is 30.3 Å². The molecule has 0 fully saturated rings. The molecule has 2 amide bonds. The van der Waals surface area contributed by atoms with E-state index in [-0.39, 0.29) is 12.3 Å². The molecule has 0 bridgehead atoms. The molecule has 1 unspecified atom stereocenters. The predicted molar refractivity (Wildman–Crippen MR) is 84.2 cm³/mol. The minimum absolute atomic E-state index is 0.197. The van der Waals surface area contributed by atoms with Gasteiger partial charge in [0.15, 0.2) is 0 Å². The SMILES string of the molecule is Cc1cc(F)cc(NC(=O)C(=O)NC(CO)c2ccccc2)c1. The molecular formula is C17H17FN2O3. The zero-order valence-electron chi connectivity index (χ0n) is 12.5. The van der Waals surface area contributed by atoms with Gasteiger partial charge in [0.05, 0.1) is 12.6 Å². The molecule has 0 aromatic heterocycles. The van der Waals surface area contributed by atoms with Gasteiger partial charge in [0.1, 0.15) is 5.82 Å². The monoisotopic (exact) mass is 316 g/mol. The van der Waals surface area contributed by atoms with E-state index in [0.29, 0.717) is 11.1 Å². The lowest BCUT2D eigenvalue weighted by atomic mass is 10.1. The second kappa shape index (κ2) is 7.51. The number of anilines is 1. The molecule has 0 aliphatic heterocycles. The summed E-state index contributed by atoms with van der Waals surface area (Å²) in [5, 5.41) is 14.1. The Balaban J connectivity index is 2.03. The maximum Gasteiger partial charge on any atom is 0.313 e. The molecule has 1 atom stereocenters. The van der Waals surface area contributed by atoms with Gasteiger partial charge in [-0.15, -0.1) is 0 Å². The van der Waals surface area contributed by atoms with Crippen LogP contribution in [0.2, 0.25) is 0 Å². The lowest BCUT2D eigenvalue weighted by Gasteiger charge is -2.16. The second-order valence-electron chi connectivity index (χ2n) is 5.09. The van der Waals surface area contributed by atoms with Gasteiger partial charge in [-0.25, -0.2) is 4.39 Å². The number of hydrogen-bond acceptors (Lipinski definition) is 3. The van der Waals surface area contributed by atoms with Crippen LogP contribution in [0.5, 0.6) is 0 Å². The average Bonchev–Trinajstić information content (AvgIpc) is 2.52. The van der Waals surface area contributed by atoms with E-state index >= 15 is 0 Å². The van der Waals surface area contributed by atoms with E-state index in [1.807, 2.05) is 0 Å². The van der Waals surface area contributed by atoms with E-state index in [0.717, 1.165) is 6.07 Å². The Morgan fingerprint density at radius 3 is 2.43 bits per heavy atom. The first-order chi connectivity index (χ1) is 11.0. The number of carbonyl (C=O) groups excluding carboxylic acids is 2. The van der Waals surface area contributed by atoms with Crippen molar-refractivity contribution in [3.8, 4) is 0 Å². The van der Waals surface area contributed by atoms with Crippen LogP contribution in [0.3, 0.4) is 0 Å². The number of hydrogen-bond donors (Lipinski definition) is 3. The van der Waals surface area contributed by atoms with Crippen LogP contribution in [0.15, 0.2) is 48.5 Å². The molecule has 0 saturated carbocycles. The van der Waals surface area contributed by atoms with Gasteiger partial charge in [-0.05, 0) is 36.2 Å². The molecule has 0 aliphatic carbocycles. The quantitative estimate of drug-likeness (QED) is 0.754. The lowest BCUT2D eigenvalue weighted by Crippen LogP contribution is -2.39. The Morgan fingerprint density at radius 1 is 1.13 bits per heavy atom. The number of halogens is 1. The fraction of sp³-hybridized carbons (Fsp3) is 0.176. The summed E-state index contributed by atoms with van der Waals surface area (Å²) in [5.41, 5.74) is 1.50. The number of nitrogens with one attached hydrogen (secondary N) is 2. The van der Waals surface area contributed by atoms with E-state index in [1.54, 1.807) is 43.3 Å². The van der Waals surface area contributed by atoms with Crippen molar-refractivity contribution in [1.82, 2.24) is 5.32 Å². The van der Waals surface area contributed by atoms with Gasteiger partial charge in [0, 0.05) is 5.69 Å². The largest absolute Gasteiger partial charge is 0.394 e. The summed E-state index contributed by atoms with van der Waals surface area (Å²) >= 11 is 0. The normalized spacial score (nSPS) is 11.6. The van der Waals surface area contributed by atoms with Crippen LogP contribution in [0, 0.1) is 12.7 Å². The van der Waals surface area contributed by atoms with Crippen LogP contribution in [0.4, 0.5) is 10.1 Å². The van der Waals surface area contributed by atoms with E-state index in [2.05, 4.69) is 10.6 Å². The highest BCUT2D eigenvalue weighted by Crippen LogP contribution is 2.14. The minimum atomic E-state index is -0.926. The summed E-state index contributed by atoms with van der Waals surface area (Å²) < 4.78 is 13.3. The number of rotatable bonds is 4. The number of aryl methyl sites for hydroxylation is 1. The van der Waals surface area contributed by atoms with E-state index < -0.39 is 23.7 Å². The molecule has 0 saturated heterocycles. The Labute approximate surface area is 133 Å². The zero-order chi connectivity index (χ0) is 16.8. The molecular weight excluding hydrogens is 299 g/mol. The summed E-state index contributed by atoms with van der Waals surface area (Å²) in [6, 6.07) is 12.1. The molecule has 0 radical (unpaired) electrons. The highest BCUT2D eigenvalue weighted by Gasteiger charge is 2.19. The zero-order valence-corrected chi connectivity index (χ0v) is 12.5. The number of aliphatic hydroxyl groups is 1. The maximum absolute atomic E-state index is 13.3. The molecule has 2 aromatic rings. The maximum atomic E-state index is 13.3. The van der Waals surface area contributed by atoms with Crippen molar-refractivity contribution in [2.45, 2.75) is 13.0 Å². The molecule has 0 heterocycles. The molecule has 23 heavy (non-hydrogen) atoms. The molecule has 2 rings (SSSR count). The second-order valence-corrected chi connectivity index (χ2v) is 5.09. The smallest absolute Gasteiger partial charge is 0.313 e. The van der Waals surface area contributed by atoms with Crippen molar-refractivity contribution in [3.63, 3.8) is 0 Å². The van der Waals surface area contributed by atoms with Crippen LogP contribution < -0.4 is 10.6 Å². The minimum Gasteiger partial charge on any atom is -0.394 e. The molecule has 6 heteroatoms. The number of benzene rings is 2. The van der Waals surface area contributed by atoms with E-state index in [1.165, 1.54) is 6.07 Å². The summed E-state index contributed by atoms with van der Waals surface area (Å²) in [6.45, 7) is 1.33. The molecule has 5 nitrogen and oxygen atoms in total. The van der Waals surface area contributed by atoms with Crippen molar-refractivity contribution in [3.05, 3.63) is 65.5 Å².